The average Bonchev–Trinajstić information content (AvgIpc) is 3.47. The Morgan fingerprint density at radius 2 is 1.84 bits per heavy atom. The molecule has 0 radical (unpaired) electrons. The third-order valence-electron chi connectivity index (χ3n) is 7.76. The number of carbonyl (C=O) groups excluding carboxylic acids is 3. The lowest BCUT2D eigenvalue weighted by Gasteiger charge is -2.36. The van der Waals surface area contributed by atoms with Gasteiger partial charge in [0.15, 0.2) is 5.78 Å². The number of nitrogens with one attached hydrogen (secondary N) is 1. The van der Waals surface area contributed by atoms with Gasteiger partial charge in [0.25, 0.3) is 0 Å². The van der Waals surface area contributed by atoms with Crippen molar-refractivity contribution < 1.29 is 19.1 Å². The van der Waals surface area contributed by atoms with Crippen LogP contribution in [0.25, 0.3) is 11.3 Å². The van der Waals surface area contributed by atoms with Crippen LogP contribution in [-0.2, 0) is 9.53 Å². The summed E-state index contributed by atoms with van der Waals surface area (Å²) in [5.41, 5.74) is 9.44. The van der Waals surface area contributed by atoms with E-state index in [9.17, 15) is 14.4 Å². The van der Waals surface area contributed by atoms with Gasteiger partial charge >= 0.3 is 6.03 Å². The number of morpholine rings is 1. The number of benzene rings is 1. The quantitative estimate of drug-likeness (QED) is 0.433. The second-order valence-electron chi connectivity index (χ2n) is 10.5. The molecular weight excluding hydrogens is 486 g/mol. The van der Waals surface area contributed by atoms with Crippen molar-refractivity contribution >= 4 is 23.4 Å². The molecule has 2 aromatic rings. The van der Waals surface area contributed by atoms with E-state index in [0.717, 1.165) is 37.9 Å². The standard InChI is InChI=1S/C27H37N7O4/c1-31(2)11-4-3-8-21(35)32-12-9-18(10-13-32)24-23-25(30-29-24)19-6-5-7-20(22(19)26(23)36)34(27(28)37)33-14-16-38-17-15-33/h5-7,18H,3-4,8-17H2,1-2H3,(H2,28,37)(H,29,30). The van der Waals surface area contributed by atoms with Gasteiger partial charge in [-0.1, -0.05) is 12.1 Å². The summed E-state index contributed by atoms with van der Waals surface area (Å²) >= 11 is 0. The number of likely N-dealkylation sites (tertiary alicyclic amines) is 1. The van der Waals surface area contributed by atoms with E-state index in [4.69, 9.17) is 10.5 Å². The number of aromatic amines is 1. The second-order valence-corrected chi connectivity index (χ2v) is 10.5. The van der Waals surface area contributed by atoms with E-state index in [-0.39, 0.29) is 17.6 Å². The molecule has 5 rings (SSSR count). The molecule has 2 fully saturated rings. The van der Waals surface area contributed by atoms with Crippen LogP contribution in [0.3, 0.4) is 0 Å². The number of amides is 3. The molecule has 2 saturated heterocycles. The van der Waals surface area contributed by atoms with Crippen LogP contribution in [0.4, 0.5) is 10.5 Å². The van der Waals surface area contributed by atoms with Crippen LogP contribution >= 0.6 is 0 Å². The van der Waals surface area contributed by atoms with Crippen molar-refractivity contribution in [1.82, 2.24) is 25.0 Å². The number of aromatic nitrogens is 2. The molecule has 0 saturated carbocycles. The van der Waals surface area contributed by atoms with Gasteiger partial charge in [-0.25, -0.2) is 14.8 Å². The maximum Gasteiger partial charge on any atom is 0.334 e. The summed E-state index contributed by atoms with van der Waals surface area (Å²) in [6.07, 6.45) is 4.03. The lowest BCUT2D eigenvalue weighted by Crippen LogP contribution is -2.54. The Balaban J connectivity index is 1.31. The summed E-state index contributed by atoms with van der Waals surface area (Å²) in [7, 11) is 4.08. The van der Waals surface area contributed by atoms with E-state index in [2.05, 4.69) is 15.1 Å². The Labute approximate surface area is 222 Å². The van der Waals surface area contributed by atoms with Crippen LogP contribution in [0.1, 0.15) is 59.6 Å². The molecule has 1 aromatic carbocycles. The number of hydrogen-bond acceptors (Lipinski definition) is 7. The first-order valence-electron chi connectivity index (χ1n) is 13.5. The highest BCUT2D eigenvalue weighted by Gasteiger charge is 2.39. The minimum absolute atomic E-state index is 0.109. The first kappa shape index (κ1) is 26.3. The van der Waals surface area contributed by atoms with Gasteiger partial charge in [-0.05, 0) is 52.4 Å². The highest BCUT2D eigenvalue weighted by Crippen LogP contribution is 2.44. The average molecular weight is 524 g/mol. The number of urea groups is 1. The van der Waals surface area contributed by atoms with Gasteiger partial charge in [-0.15, -0.1) is 0 Å². The number of H-pyrrole nitrogens is 1. The molecule has 3 heterocycles. The third kappa shape index (κ3) is 5.05. The van der Waals surface area contributed by atoms with Crippen molar-refractivity contribution in [2.75, 3.05) is 65.0 Å². The van der Waals surface area contributed by atoms with Gasteiger partial charge in [0, 0.05) is 44.1 Å². The lowest BCUT2D eigenvalue weighted by atomic mass is 9.90. The Bertz CT molecular complexity index is 1200. The van der Waals surface area contributed by atoms with Crippen LogP contribution in [0.2, 0.25) is 0 Å². The van der Waals surface area contributed by atoms with Gasteiger partial charge in [0.1, 0.15) is 5.69 Å². The van der Waals surface area contributed by atoms with E-state index >= 15 is 0 Å². The summed E-state index contributed by atoms with van der Waals surface area (Å²) in [5, 5.41) is 10.9. The van der Waals surface area contributed by atoms with E-state index in [1.54, 1.807) is 6.07 Å². The van der Waals surface area contributed by atoms with Gasteiger partial charge in [0.05, 0.1) is 35.7 Å². The molecule has 0 bridgehead atoms. The van der Waals surface area contributed by atoms with Crippen LogP contribution in [0.15, 0.2) is 18.2 Å². The molecule has 11 heteroatoms. The SMILES string of the molecule is CN(C)CCCCC(=O)N1CCC(c2[nH]nc3c2C(=O)c2c-3cccc2N(C(N)=O)N2CCOCC2)CC1. The van der Waals surface area contributed by atoms with Crippen molar-refractivity contribution in [3.63, 3.8) is 0 Å². The predicted octanol–water partition coefficient (Wildman–Crippen LogP) is 2.19. The van der Waals surface area contributed by atoms with Gasteiger partial charge < -0.3 is 20.3 Å². The highest BCUT2D eigenvalue weighted by molar-refractivity contribution is 6.25. The predicted molar refractivity (Wildman–Crippen MR) is 143 cm³/mol. The molecule has 0 unspecified atom stereocenters. The zero-order valence-electron chi connectivity index (χ0n) is 22.2. The smallest absolute Gasteiger partial charge is 0.334 e. The number of primary amides is 1. The lowest BCUT2D eigenvalue weighted by molar-refractivity contribution is -0.132. The number of fused-ring (bicyclic) bond motifs is 3. The summed E-state index contributed by atoms with van der Waals surface area (Å²) in [6, 6.07) is 4.81. The Morgan fingerprint density at radius 1 is 1.11 bits per heavy atom. The fourth-order valence-corrected chi connectivity index (χ4v) is 5.80. The third-order valence-corrected chi connectivity index (χ3v) is 7.76. The number of hydrogen-bond donors (Lipinski definition) is 2. The molecular formula is C27H37N7O4. The molecule has 3 aliphatic rings. The number of piperidine rings is 1. The highest BCUT2D eigenvalue weighted by atomic mass is 16.5. The molecule has 1 aliphatic carbocycles. The molecule has 0 spiro atoms. The van der Waals surface area contributed by atoms with Gasteiger partial charge in [-0.2, -0.15) is 5.10 Å². The fraction of sp³-hybridized carbons (Fsp3) is 0.556. The maximum absolute atomic E-state index is 13.9. The van der Waals surface area contributed by atoms with Crippen molar-refractivity contribution in [2.45, 2.75) is 38.0 Å². The van der Waals surface area contributed by atoms with Crippen molar-refractivity contribution in [2.24, 2.45) is 5.73 Å². The largest absolute Gasteiger partial charge is 0.379 e. The van der Waals surface area contributed by atoms with Crippen LogP contribution < -0.4 is 10.7 Å². The maximum atomic E-state index is 13.9. The van der Waals surface area contributed by atoms with E-state index < -0.39 is 6.03 Å². The second kappa shape index (κ2) is 11.2. The molecule has 3 N–H and O–H groups in total. The van der Waals surface area contributed by atoms with Crippen molar-refractivity contribution in [3.05, 3.63) is 35.0 Å². The molecule has 3 amide bonds. The molecule has 0 atom stereocenters. The molecule has 38 heavy (non-hydrogen) atoms. The molecule has 11 nitrogen and oxygen atoms in total. The summed E-state index contributed by atoms with van der Waals surface area (Å²) in [5.74, 6) is 0.172. The normalized spacial score (nSPS) is 18.1. The zero-order valence-corrected chi connectivity index (χ0v) is 22.2. The minimum atomic E-state index is -0.641. The summed E-state index contributed by atoms with van der Waals surface area (Å²) in [4.78, 5) is 43.2. The summed E-state index contributed by atoms with van der Waals surface area (Å²) < 4.78 is 5.43. The number of ether oxygens (including phenoxy) is 1. The van der Waals surface area contributed by atoms with Crippen molar-refractivity contribution in [1.29, 1.82) is 0 Å². The summed E-state index contributed by atoms with van der Waals surface area (Å²) in [6.45, 7) is 4.30. The van der Waals surface area contributed by atoms with E-state index in [1.165, 1.54) is 5.01 Å². The number of nitrogens with two attached hydrogens (primary N) is 1. The molecule has 204 valence electrons. The van der Waals surface area contributed by atoms with E-state index in [1.807, 2.05) is 36.1 Å². The van der Waals surface area contributed by atoms with Crippen LogP contribution in [-0.4, -0.2) is 103 Å². The zero-order chi connectivity index (χ0) is 26.8. The number of unbranched alkanes of at least 4 members (excludes halogenated alkanes) is 1. The Hall–Kier alpha value is -3.28. The number of nitrogens with zero attached hydrogens (tertiary/aromatic N) is 5. The van der Waals surface area contributed by atoms with Crippen molar-refractivity contribution in [3.8, 4) is 11.3 Å². The molecule has 1 aromatic heterocycles. The fourth-order valence-electron chi connectivity index (χ4n) is 5.80. The monoisotopic (exact) mass is 523 g/mol. The van der Waals surface area contributed by atoms with E-state index in [0.29, 0.717) is 73.9 Å². The van der Waals surface area contributed by atoms with Gasteiger partial charge in [0.2, 0.25) is 5.91 Å². The van der Waals surface area contributed by atoms with Crippen LogP contribution in [0.5, 0.6) is 0 Å². The Kier molecular flexibility index (Phi) is 7.78. The first-order chi connectivity index (χ1) is 18.4. The number of hydrazine groups is 1. The number of anilines is 1. The van der Waals surface area contributed by atoms with Gasteiger partial charge in [-0.3, -0.25) is 14.7 Å². The number of rotatable bonds is 8. The topological polar surface area (TPSA) is 128 Å². The minimum Gasteiger partial charge on any atom is -0.379 e. The van der Waals surface area contributed by atoms with Crippen LogP contribution in [0, 0.1) is 0 Å². The first-order valence-corrected chi connectivity index (χ1v) is 13.5. The Morgan fingerprint density at radius 3 is 2.53 bits per heavy atom. The number of carbonyl (C=O) groups is 3. The molecule has 2 aliphatic heterocycles. The number of ketones is 1.